The molecule has 0 aliphatic carbocycles. The van der Waals surface area contributed by atoms with Gasteiger partial charge in [0, 0.05) is 25.7 Å². The molecular weight excluding hydrogens is 1200 g/mol. The van der Waals surface area contributed by atoms with Crippen LogP contribution in [0.2, 0.25) is 0 Å². The van der Waals surface area contributed by atoms with Crippen LogP contribution in [-0.2, 0) is 65.4 Å². The van der Waals surface area contributed by atoms with E-state index in [9.17, 15) is 43.2 Å². The Morgan fingerprint density at radius 1 is 0.297 bits per heavy atom. The average molecular weight is 1340 g/mol. The summed E-state index contributed by atoms with van der Waals surface area (Å²) in [5, 5.41) is 10.6. The summed E-state index contributed by atoms with van der Waals surface area (Å²) in [5.74, 6) is -0.562. The molecule has 2 unspecified atom stereocenters. The summed E-state index contributed by atoms with van der Waals surface area (Å²) in [7, 11) is -9.90. The van der Waals surface area contributed by atoms with E-state index in [1.807, 2.05) is 0 Å². The summed E-state index contributed by atoms with van der Waals surface area (Å²) in [6.07, 6.45) is 50.2. The molecule has 0 heterocycles. The molecule has 0 saturated heterocycles. The van der Waals surface area contributed by atoms with Crippen LogP contribution >= 0.6 is 15.6 Å². The molecule has 5 atom stereocenters. The van der Waals surface area contributed by atoms with Crippen molar-refractivity contribution in [2.75, 3.05) is 39.6 Å². The van der Waals surface area contributed by atoms with Crippen LogP contribution in [0.5, 0.6) is 0 Å². The fourth-order valence-electron chi connectivity index (χ4n) is 10.9. The first kappa shape index (κ1) is 89.1. The van der Waals surface area contributed by atoms with Crippen LogP contribution in [0.25, 0.3) is 0 Å². The van der Waals surface area contributed by atoms with E-state index in [1.165, 1.54) is 173 Å². The molecule has 0 fully saturated rings. The molecule has 0 saturated carbocycles. The van der Waals surface area contributed by atoms with Crippen LogP contribution in [0, 0.1) is 11.8 Å². The average Bonchev–Trinajstić information content (AvgIpc) is 3.45. The number of rotatable bonds is 71. The largest absolute Gasteiger partial charge is 0.472 e. The third-order valence-electron chi connectivity index (χ3n) is 16.7. The van der Waals surface area contributed by atoms with Gasteiger partial charge in [-0.1, -0.05) is 318 Å². The number of carbonyl (C=O) groups is 4. The van der Waals surface area contributed by atoms with E-state index in [1.54, 1.807) is 0 Å². The quantitative estimate of drug-likeness (QED) is 0.0222. The van der Waals surface area contributed by atoms with E-state index < -0.39 is 97.5 Å². The second kappa shape index (κ2) is 64.1. The lowest BCUT2D eigenvalue weighted by molar-refractivity contribution is -0.161. The highest BCUT2D eigenvalue weighted by atomic mass is 31.2. The number of hydrogen-bond acceptors (Lipinski definition) is 15. The van der Waals surface area contributed by atoms with Crippen molar-refractivity contribution in [2.45, 2.75) is 387 Å². The van der Waals surface area contributed by atoms with Gasteiger partial charge in [-0.25, -0.2) is 9.13 Å². The maximum Gasteiger partial charge on any atom is 0.472 e. The molecule has 540 valence electrons. The Kier molecular flexibility index (Phi) is 62.7. The summed E-state index contributed by atoms with van der Waals surface area (Å²) >= 11 is 0. The van der Waals surface area contributed by atoms with Gasteiger partial charge in [0.15, 0.2) is 12.2 Å². The van der Waals surface area contributed by atoms with Gasteiger partial charge < -0.3 is 33.8 Å². The van der Waals surface area contributed by atoms with Gasteiger partial charge in [0.2, 0.25) is 0 Å². The predicted molar refractivity (Wildman–Crippen MR) is 368 cm³/mol. The monoisotopic (exact) mass is 1340 g/mol. The van der Waals surface area contributed by atoms with Crippen molar-refractivity contribution >= 4 is 39.5 Å². The van der Waals surface area contributed by atoms with Crippen molar-refractivity contribution in [2.24, 2.45) is 11.8 Å². The molecule has 0 aliphatic rings. The van der Waals surface area contributed by atoms with Crippen molar-refractivity contribution < 1.29 is 80.2 Å². The Morgan fingerprint density at radius 3 is 0.747 bits per heavy atom. The molecule has 91 heavy (non-hydrogen) atoms. The summed E-state index contributed by atoms with van der Waals surface area (Å²) < 4.78 is 68.2. The zero-order valence-corrected chi connectivity index (χ0v) is 60.9. The number of hydrogen-bond donors (Lipinski definition) is 3. The summed E-state index contributed by atoms with van der Waals surface area (Å²) in [6.45, 7) is 9.53. The van der Waals surface area contributed by atoms with Gasteiger partial charge in [-0.3, -0.25) is 37.3 Å². The standard InChI is InChI=1S/C72H140O17P2/c1-7-9-11-13-15-16-25-31-38-44-50-56-71(76)88-67(60-82-69(74)54-48-42-34-14-12-10-8-2)62-86-90(78,79)84-58-66(73)59-85-91(80,81)87-63-68(61-83-70(75)55-49-43-37-33-28-30-36-41-47-53-65(5)6)89-72(77)57-51-45-39-32-27-24-22-20-18-17-19-21-23-26-29-35-40-46-52-64(3)4/h64-68,73H,7-63H2,1-6H3,(H,78,79)(H,80,81)/t66-,67+,68+/m0/s1. The molecule has 0 aromatic heterocycles. The minimum Gasteiger partial charge on any atom is -0.462 e. The predicted octanol–water partition coefficient (Wildman–Crippen LogP) is 20.8. The van der Waals surface area contributed by atoms with Crippen LogP contribution in [0.1, 0.15) is 369 Å². The second-order valence-corrected chi connectivity index (χ2v) is 29.8. The molecule has 0 amide bonds. The number of phosphoric ester groups is 2. The van der Waals surface area contributed by atoms with Gasteiger partial charge in [0.25, 0.3) is 0 Å². The normalized spacial score (nSPS) is 14.1. The molecule has 3 N–H and O–H groups in total. The summed E-state index contributed by atoms with van der Waals surface area (Å²) in [6, 6.07) is 0. The third kappa shape index (κ3) is 66.5. The van der Waals surface area contributed by atoms with Crippen LogP contribution in [0.15, 0.2) is 0 Å². The molecule has 0 rings (SSSR count). The van der Waals surface area contributed by atoms with Crippen molar-refractivity contribution in [1.82, 2.24) is 0 Å². The molecule has 0 bridgehead atoms. The van der Waals surface area contributed by atoms with Gasteiger partial charge >= 0.3 is 39.5 Å². The number of aliphatic hydroxyl groups is 1. The lowest BCUT2D eigenvalue weighted by atomic mass is 10.0. The highest BCUT2D eigenvalue weighted by molar-refractivity contribution is 7.47. The first-order valence-electron chi connectivity index (χ1n) is 37.5. The molecule has 0 radical (unpaired) electrons. The smallest absolute Gasteiger partial charge is 0.462 e. The number of phosphoric acid groups is 2. The molecule has 17 nitrogen and oxygen atoms in total. The lowest BCUT2D eigenvalue weighted by Gasteiger charge is -2.21. The van der Waals surface area contributed by atoms with E-state index >= 15 is 0 Å². The Morgan fingerprint density at radius 2 is 0.505 bits per heavy atom. The molecule has 0 aromatic carbocycles. The van der Waals surface area contributed by atoms with E-state index in [4.69, 9.17) is 37.0 Å². The maximum absolute atomic E-state index is 13.0. The van der Waals surface area contributed by atoms with Gasteiger partial charge in [0.05, 0.1) is 26.4 Å². The summed E-state index contributed by atoms with van der Waals surface area (Å²) in [5.41, 5.74) is 0. The van der Waals surface area contributed by atoms with Gasteiger partial charge in [-0.15, -0.1) is 0 Å². The SMILES string of the molecule is CCCCCCCCCCCCCC(=O)O[C@H](COC(=O)CCCCCCCCC)COP(=O)(O)OC[C@H](O)COP(=O)(O)OC[C@@H](COC(=O)CCCCCCCCCCCC(C)C)OC(=O)CCCCCCCCCCCCCCCCCCCCC(C)C. The molecule has 19 heteroatoms. The Hall–Kier alpha value is -1.94. The van der Waals surface area contributed by atoms with E-state index in [0.717, 1.165) is 115 Å². The topological polar surface area (TPSA) is 237 Å². The van der Waals surface area contributed by atoms with Crippen LogP contribution in [0.3, 0.4) is 0 Å². The Bertz CT molecular complexity index is 1770. The highest BCUT2D eigenvalue weighted by Gasteiger charge is 2.30. The minimum absolute atomic E-state index is 0.106. The van der Waals surface area contributed by atoms with Crippen molar-refractivity contribution in [3.63, 3.8) is 0 Å². The van der Waals surface area contributed by atoms with Crippen LogP contribution in [-0.4, -0.2) is 96.7 Å². The molecule has 0 aromatic rings. The maximum atomic E-state index is 13.0. The Labute approximate surface area is 556 Å². The van der Waals surface area contributed by atoms with Gasteiger partial charge in [0.1, 0.15) is 19.3 Å². The van der Waals surface area contributed by atoms with Gasteiger partial charge in [-0.05, 0) is 37.5 Å². The fraction of sp³-hybridized carbons (Fsp3) is 0.944. The second-order valence-electron chi connectivity index (χ2n) is 26.9. The lowest BCUT2D eigenvalue weighted by Crippen LogP contribution is -2.30. The van der Waals surface area contributed by atoms with E-state index in [2.05, 4.69) is 41.5 Å². The van der Waals surface area contributed by atoms with E-state index in [0.29, 0.717) is 25.7 Å². The van der Waals surface area contributed by atoms with Crippen molar-refractivity contribution in [3.05, 3.63) is 0 Å². The molecule has 0 spiro atoms. The first-order valence-corrected chi connectivity index (χ1v) is 40.5. The highest BCUT2D eigenvalue weighted by Crippen LogP contribution is 2.45. The van der Waals surface area contributed by atoms with Crippen LogP contribution < -0.4 is 0 Å². The van der Waals surface area contributed by atoms with E-state index in [-0.39, 0.29) is 25.7 Å². The number of aliphatic hydroxyl groups excluding tert-OH is 1. The number of esters is 4. The number of ether oxygens (including phenoxy) is 4. The molecule has 0 aliphatic heterocycles. The van der Waals surface area contributed by atoms with Gasteiger partial charge in [-0.2, -0.15) is 0 Å². The Balaban J connectivity index is 5.14. The number of carbonyl (C=O) groups excluding carboxylic acids is 4. The third-order valence-corrected chi connectivity index (χ3v) is 18.6. The van der Waals surface area contributed by atoms with Crippen molar-refractivity contribution in [3.8, 4) is 0 Å². The molecular formula is C72H140O17P2. The van der Waals surface area contributed by atoms with Crippen LogP contribution in [0.4, 0.5) is 0 Å². The fourth-order valence-corrected chi connectivity index (χ4v) is 12.5. The minimum atomic E-state index is -4.95. The zero-order valence-electron chi connectivity index (χ0n) is 59.1. The number of unbranched alkanes of at least 4 members (excludes halogenated alkanes) is 41. The van der Waals surface area contributed by atoms with Crippen molar-refractivity contribution in [1.29, 1.82) is 0 Å². The zero-order chi connectivity index (χ0) is 67.2. The summed E-state index contributed by atoms with van der Waals surface area (Å²) in [4.78, 5) is 72.4. The first-order chi connectivity index (χ1) is 43.9.